The van der Waals surface area contributed by atoms with Crippen LogP contribution in [0.25, 0.3) is 11.8 Å². The SMILES string of the molecule is COc1ccc(C2=CSC3=NC4=C(CCCC4=Cc4ccccc4)C(c4ccccc4)N23)cc1. The molecule has 34 heavy (non-hydrogen) atoms. The van der Waals surface area contributed by atoms with Crippen molar-refractivity contribution >= 4 is 28.7 Å². The van der Waals surface area contributed by atoms with Gasteiger partial charge in [-0.15, -0.1) is 0 Å². The summed E-state index contributed by atoms with van der Waals surface area (Å²) in [5.74, 6) is 0.870. The third-order valence-electron chi connectivity index (χ3n) is 6.68. The number of nitrogens with zero attached hydrogens (tertiary/aromatic N) is 2. The number of ether oxygens (including phenoxy) is 1. The van der Waals surface area contributed by atoms with Crippen LogP contribution in [-0.4, -0.2) is 17.2 Å². The highest BCUT2D eigenvalue weighted by Crippen LogP contribution is 2.51. The minimum absolute atomic E-state index is 0.145. The van der Waals surface area contributed by atoms with Crippen LogP contribution < -0.4 is 4.74 Å². The fourth-order valence-corrected chi connectivity index (χ4v) is 6.00. The van der Waals surface area contributed by atoms with Gasteiger partial charge >= 0.3 is 0 Å². The zero-order chi connectivity index (χ0) is 22.9. The standard InChI is InChI=1S/C30H26N2OS/c1-33-25-17-15-22(16-18-25)27-20-34-30-31-28-24(19-21-9-4-2-5-10-21)13-8-14-26(28)29(32(27)30)23-11-6-3-7-12-23/h2-7,9-12,15-20,29H,8,13-14H2,1H3. The lowest BCUT2D eigenvalue weighted by Crippen LogP contribution is -2.34. The van der Waals surface area contributed by atoms with Gasteiger partial charge in [-0.1, -0.05) is 72.4 Å². The van der Waals surface area contributed by atoms with E-state index in [0.717, 1.165) is 30.2 Å². The molecule has 3 nitrogen and oxygen atoms in total. The van der Waals surface area contributed by atoms with Gasteiger partial charge in [-0.2, -0.15) is 0 Å². The molecule has 0 spiro atoms. The minimum Gasteiger partial charge on any atom is -0.497 e. The maximum atomic E-state index is 5.38. The highest BCUT2D eigenvalue weighted by molar-refractivity contribution is 8.16. The number of benzene rings is 3. The lowest BCUT2D eigenvalue weighted by molar-refractivity contribution is 0.414. The molecule has 0 aromatic heterocycles. The summed E-state index contributed by atoms with van der Waals surface area (Å²) >= 11 is 1.72. The zero-order valence-corrected chi connectivity index (χ0v) is 20.0. The van der Waals surface area contributed by atoms with E-state index in [1.54, 1.807) is 18.9 Å². The van der Waals surface area contributed by atoms with Gasteiger partial charge in [0.25, 0.3) is 0 Å². The monoisotopic (exact) mass is 462 g/mol. The Labute approximate surface area is 205 Å². The van der Waals surface area contributed by atoms with Crippen LogP contribution in [0.3, 0.4) is 0 Å². The largest absolute Gasteiger partial charge is 0.497 e. The zero-order valence-electron chi connectivity index (χ0n) is 19.1. The van der Waals surface area contributed by atoms with Crippen molar-refractivity contribution in [3.05, 3.63) is 124 Å². The first-order valence-electron chi connectivity index (χ1n) is 11.7. The van der Waals surface area contributed by atoms with Crippen molar-refractivity contribution in [1.82, 2.24) is 4.90 Å². The third-order valence-corrected chi connectivity index (χ3v) is 7.52. The van der Waals surface area contributed by atoms with E-state index in [4.69, 9.17) is 9.73 Å². The Hall–Kier alpha value is -3.50. The van der Waals surface area contributed by atoms with Crippen LogP contribution in [0.1, 0.15) is 42.0 Å². The van der Waals surface area contributed by atoms with Gasteiger partial charge in [0.1, 0.15) is 5.75 Å². The number of hydrogen-bond acceptors (Lipinski definition) is 4. The van der Waals surface area contributed by atoms with Gasteiger partial charge < -0.3 is 9.64 Å². The molecular weight excluding hydrogens is 436 g/mol. The molecule has 0 bridgehead atoms. The Morgan fingerprint density at radius 1 is 0.912 bits per heavy atom. The second-order valence-corrected chi connectivity index (χ2v) is 9.57. The fourth-order valence-electron chi connectivity index (χ4n) is 5.07. The molecule has 1 unspecified atom stereocenters. The topological polar surface area (TPSA) is 24.8 Å². The maximum Gasteiger partial charge on any atom is 0.174 e. The van der Waals surface area contributed by atoms with Crippen molar-refractivity contribution in [3.63, 3.8) is 0 Å². The average Bonchev–Trinajstić information content (AvgIpc) is 3.32. The van der Waals surface area contributed by atoms with Gasteiger partial charge in [0, 0.05) is 5.41 Å². The van der Waals surface area contributed by atoms with E-state index >= 15 is 0 Å². The number of hydrogen-bond donors (Lipinski definition) is 0. The molecule has 2 heterocycles. The van der Waals surface area contributed by atoms with Crippen LogP contribution in [0.2, 0.25) is 0 Å². The highest BCUT2D eigenvalue weighted by atomic mass is 32.2. The Balaban J connectivity index is 1.47. The summed E-state index contributed by atoms with van der Waals surface area (Å²) in [7, 11) is 1.71. The molecule has 168 valence electrons. The highest BCUT2D eigenvalue weighted by Gasteiger charge is 2.40. The Kier molecular flexibility index (Phi) is 5.60. The van der Waals surface area contributed by atoms with Crippen LogP contribution in [-0.2, 0) is 0 Å². The van der Waals surface area contributed by atoms with Gasteiger partial charge in [-0.05, 0) is 77.4 Å². The number of amidine groups is 1. The smallest absolute Gasteiger partial charge is 0.174 e. The second kappa shape index (κ2) is 9.03. The van der Waals surface area contributed by atoms with E-state index < -0.39 is 0 Å². The molecule has 3 aromatic carbocycles. The molecule has 3 aromatic rings. The molecule has 0 fully saturated rings. The molecular formula is C30H26N2OS. The van der Waals surface area contributed by atoms with Crippen LogP contribution in [0.4, 0.5) is 0 Å². The average molecular weight is 463 g/mol. The Morgan fingerprint density at radius 2 is 1.65 bits per heavy atom. The van der Waals surface area contributed by atoms with E-state index in [2.05, 4.69) is 89.2 Å². The van der Waals surface area contributed by atoms with Gasteiger partial charge in [0.15, 0.2) is 5.17 Å². The summed E-state index contributed by atoms with van der Waals surface area (Å²) in [6.45, 7) is 0. The Bertz CT molecular complexity index is 1320. The quantitative estimate of drug-likeness (QED) is 0.398. The van der Waals surface area contributed by atoms with E-state index in [9.17, 15) is 0 Å². The van der Waals surface area contributed by atoms with Crippen molar-refractivity contribution < 1.29 is 4.74 Å². The van der Waals surface area contributed by atoms with Crippen LogP contribution in [0.5, 0.6) is 5.75 Å². The van der Waals surface area contributed by atoms with Gasteiger partial charge in [-0.25, -0.2) is 4.99 Å². The number of allylic oxidation sites excluding steroid dienone is 1. The molecule has 1 aliphatic carbocycles. The van der Waals surface area contributed by atoms with Crippen LogP contribution >= 0.6 is 11.8 Å². The summed E-state index contributed by atoms with van der Waals surface area (Å²) in [5.41, 5.74) is 8.88. The number of rotatable bonds is 4. The van der Waals surface area contributed by atoms with Crippen molar-refractivity contribution in [3.8, 4) is 5.75 Å². The molecule has 3 aliphatic rings. The van der Waals surface area contributed by atoms with E-state index in [0.29, 0.717) is 0 Å². The predicted molar refractivity (Wildman–Crippen MR) is 142 cm³/mol. The summed E-state index contributed by atoms with van der Waals surface area (Å²) in [4.78, 5) is 7.71. The molecule has 6 rings (SSSR count). The molecule has 0 saturated carbocycles. The number of thioether (sulfide) groups is 1. The second-order valence-electron chi connectivity index (χ2n) is 8.73. The summed E-state index contributed by atoms with van der Waals surface area (Å²) < 4.78 is 5.38. The number of fused-ring (bicyclic) bond motifs is 1. The van der Waals surface area contributed by atoms with Gasteiger partial charge in [-0.3, -0.25) is 0 Å². The molecule has 0 amide bonds. The lowest BCUT2D eigenvalue weighted by atomic mass is 9.83. The normalized spacial score (nSPS) is 20.6. The van der Waals surface area contributed by atoms with E-state index in [-0.39, 0.29) is 6.04 Å². The Morgan fingerprint density at radius 3 is 2.38 bits per heavy atom. The van der Waals surface area contributed by atoms with Crippen molar-refractivity contribution in [2.45, 2.75) is 25.3 Å². The molecule has 0 saturated heterocycles. The van der Waals surface area contributed by atoms with E-state index in [1.165, 1.54) is 39.2 Å². The van der Waals surface area contributed by atoms with Crippen LogP contribution in [0.15, 0.2) is 112 Å². The molecule has 4 heteroatoms. The summed E-state index contributed by atoms with van der Waals surface area (Å²) in [6, 6.07) is 30.0. The van der Waals surface area contributed by atoms with Crippen molar-refractivity contribution in [2.75, 3.05) is 7.11 Å². The predicted octanol–water partition coefficient (Wildman–Crippen LogP) is 7.67. The molecule has 0 radical (unpaired) electrons. The first-order valence-corrected chi connectivity index (χ1v) is 12.6. The molecule has 0 N–H and O–H groups in total. The lowest BCUT2D eigenvalue weighted by Gasteiger charge is -2.40. The third kappa shape index (κ3) is 3.78. The summed E-state index contributed by atoms with van der Waals surface area (Å²) in [6.07, 6.45) is 5.60. The van der Waals surface area contributed by atoms with Crippen molar-refractivity contribution in [1.29, 1.82) is 0 Å². The number of aliphatic imine (C=N–C) groups is 1. The first-order chi connectivity index (χ1) is 16.8. The fraction of sp³-hybridized carbons (Fsp3) is 0.167. The van der Waals surface area contributed by atoms with Gasteiger partial charge in [0.2, 0.25) is 0 Å². The minimum atomic E-state index is 0.145. The van der Waals surface area contributed by atoms with E-state index in [1.807, 2.05) is 12.1 Å². The van der Waals surface area contributed by atoms with Crippen LogP contribution in [0, 0.1) is 0 Å². The van der Waals surface area contributed by atoms with Gasteiger partial charge in [0.05, 0.1) is 24.5 Å². The molecule has 2 aliphatic heterocycles. The summed E-state index contributed by atoms with van der Waals surface area (Å²) in [5, 5.41) is 3.30. The first kappa shape index (κ1) is 21.1. The number of methoxy groups -OCH3 is 1. The van der Waals surface area contributed by atoms with Crippen molar-refractivity contribution in [2.24, 2.45) is 4.99 Å². The maximum absolute atomic E-state index is 5.38. The molecule has 1 atom stereocenters.